The van der Waals surface area contributed by atoms with Crippen LogP contribution in [-0.4, -0.2) is 41.0 Å². The molecule has 0 radical (unpaired) electrons. The Kier molecular flexibility index (Phi) is 4.45. The fourth-order valence-electron chi connectivity index (χ4n) is 3.17. The number of hydrogen-bond acceptors (Lipinski definition) is 7. The number of carbonyl (C=O) groups excluding carboxylic acids is 1. The number of aryl methyl sites for hydroxylation is 1. The Labute approximate surface area is 146 Å². The third-order valence-corrected chi connectivity index (χ3v) is 4.13. The monoisotopic (exact) mass is 347 g/mol. The second-order valence-corrected chi connectivity index (χ2v) is 7.44. The van der Waals surface area contributed by atoms with Crippen molar-refractivity contribution in [2.45, 2.75) is 52.2 Å². The molecule has 3 N–H and O–H groups in total. The fourth-order valence-corrected chi connectivity index (χ4v) is 3.17. The Hall–Kier alpha value is -2.51. The van der Waals surface area contributed by atoms with E-state index < -0.39 is 11.7 Å². The maximum atomic E-state index is 12.1. The van der Waals surface area contributed by atoms with Crippen LogP contribution in [0.15, 0.2) is 10.7 Å². The molecule has 0 spiro atoms. The largest absolute Gasteiger partial charge is 0.444 e. The van der Waals surface area contributed by atoms with Crippen molar-refractivity contribution in [3.63, 3.8) is 0 Å². The zero-order valence-corrected chi connectivity index (χ0v) is 15.1. The lowest BCUT2D eigenvalue weighted by Gasteiger charge is -2.35. The maximum Gasteiger partial charge on any atom is 0.407 e. The first-order valence-electron chi connectivity index (χ1n) is 8.49. The van der Waals surface area contributed by atoms with Crippen LogP contribution in [0, 0.1) is 6.92 Å². The highest BCUT2D eigenvalue weighted by molar-refractivity contribution is 5.96. The number of aromatic nitrogens is 2. The minimum atomic E-state index is -0.514. The van der Waals surface area contributed by atoms with Gasteiger partial charge in [-0.2, -0.15) is 0 Å². The van der Waals surface area contributed by atoms with Gasteiger partial charge in [0, 0.05) is 19.1 Å². The number of pyridine rings is 1. The van der Waals surface area contributed by atoms with Crippen molar-refractivity contribution in [3.05, 3.63) is 11.9 Å². The minimum absolute atomic E-state index is 0.00798. The number of carbonyl (C=O) groups is 1. The molecule has 8 nitrogen and oxygen atoms in total. The molecule has 3 rings (SSSR count). The number of anilines is 2. The zero-order chi connectivity index (χ0) is 18.2. The van der Waals surface area contributed by atoms with Crippen LogP contribution in [0.3, 0.4) is 0 Å². The number of nitrogens with zero attached hydrogens (tertiary/aromatic N) is 3. The molecule has 2 aromatic rings. The number of alkyl carbamates (subject to hydrolysis) is 1. The van der Waals surface area contributed by atoms with Gasteiger partial charge >= 0.3 is 6.09 Å². The summed E-state index contributed by atoms with van der Waals surface area (Å²) in [4.78, 5) is 18.4. The molecule has 25 heavy (non-hydrogen) atoms. The molecule has 8 heteroatoms. The van der Waals surface area contributed by atoms with Crippen LogP contribution in [0.4, 0.5) is 16.2 Å². The predicted molar refractivity (Wildman–Crippen MR) is 95.6 cm³/mol. The number of ether oxygens (including phenoxy) is 1. The first-order chi connectivity index (χ1) is 11.7. The number of hydrogen-bond donors (Lipinski definition) is 2. The van der Waals surface area contributed by atoms with E-state index in [1.165, 1.54) is 0 Å². The predicted octanol–water partition coefficient (Wildman–Crippen LogP) is 2.61. The Balaban J connectivity index is 1.79. The number of piperidine rings is 1. The molecule has 0 bridgehead atoms. The normalized spacial score (nSPS) is 18.4. The number of nitrogens with two attached hydrogens (primary N) is 1. The molecular weight excluding hydrogens is 322 g/mol. The molecule has 2 aromatic heterocycles. The van der Waals surface area contributed by atoms with E-state index in [0.29, 0.717) is 17.9 Å². The van der Waals surface area contributed by atoms with Gasteiger partial charge in [-0.15, -0.1) is 0 Å². The van der Waals surface area contributed by atoms with E-state index in [2.05, 4.69) is 20.4 Å². The minimum Gasteiger partial charge on any atom is -0.444 e. The molecule has 0 aromatic carbocycles. The molecule has 1 aliphatic rings. The van der Waals surface area contributed by atoms with E-state index in [1.54, 1.807) is 6.20 Å². The smallest absolute Gasteiger partial charge is 0.407 e. The molecule has 1 atom stereocenters. The molecule has 1 saturated heterocycles. The fraction of sp³-hybridized carbons (Fsp3) is 0.588. The molecule has 1 amide bonds. The van der Waals surface area contributed by atoms with E-state index in [9.17, 15) is 4.79 Å². The number of amides is 1. The lowest BCUT2D eigenvalue weighted by Crippen LogP contribution is -2.49. The summed E-state index contributed by atoms with van der Waals surface area (Å²) in [5, 5.41) is 7.77. The van der Waals surface area contributed by atoms with E-state index >= 15 is 0 Å². The van der Waals surface area contributed by atoms with Crippen molar-refractivity contribution in [3.8, 4) is 0 Å². The average Bonchev–Trinajstić information content (AvgIpc) is 2.87. The van der Waals surface area contributed by atoms with Crippen molar-refractivity contribution in [2.75, 3.05) is 23.7 Å². The summed E-state index contributed by atoms with van der Waals surface area (Å²) in [6.07, 6.45) is 3.03. The van der Waals surface area contributed by atoms with E-state index in [1.807, 2.05) is 27.7 Å². The molecular formula is C17H25N5O3. The molecule has 0 aliphatic carbocycles. The molecule has 0 unspecified atom stereocenters. The molecule has 3 heterocycles. The lowest BCUT2D eigenvalue weighted by molar-refractivity contribution is 0.0500. The zero-order valence-electron chi connectivity index (χ0n) is 15.1. The summed E-state index contributed by atoms with van der Waals surface area (Å²) in [6.45, 7) is 8.92. The van der Waals surface area contributed by atoms with Crippen molar-refractivity contribution >= 4 is 28.6 Å². The molecule has 0 saturated carbocycles. The van der Waals surface area contributed by atoms with Gasteiger partial charge in [-0.05, 0) is 40.5 Å². The number of nitrogen functional groups attached to an aromatic ring is 1. The Bertz CT molecular complexity index is 780. The van der Waals surface area contributed by atoms with Crippen LogP contribution in [-0.2, 0) is 4.74 Å². The van der Waals surface area contributed by atoms with Gasteiger partial charge in [-0.3, -0.25) is 0 Å². The second kappa shape index (κ2) is 6.42. The highest BCUT2D eigenvalue weighted by atomic mass is 16.6. The van der Waals surface area contributed by atoms with Gasteiger partial charge in [0.05, 0.1) is 28.7 Å². The van der Waals surface area contributed by atoms with Crippen LogP contribution >= 0.6 is 0 Å². The number of rotatable bonds is 2. The van der Waals surface area contributed by atoms with Gasteiger partial charge in [-0.25, -0.2) is 9.78 Å². The van der Waals surface area contributed by atoms with E-state index in [-0.39, 0.29) is 6.04 Å². The third-order valence-electron chi connectivity index (χ3n) is 4.13. The summed E-state index contributed by atoms with van der Waals surface area (Å²) >= 11 is 0. The highest BCUT2D eigenvalue weighted by Crippen LogP contribution is 2.35. The first-order valence-corrected chi connectivity index (χ1v) is 8.49. The SMILES string of the molecule is Cc1noc2ncc(N)c(N3CCC[C@H](NC(=O)OC(C)(C)C)C3)c12. The summed E-state index contributed by atoms with van der Waals surface area (Å²) < 4.78 is 10.6. The summed E-state index contributed by atoms with van der Waals surface area (Å²) in [7, 11) is 0. The van der Waals surface area contributed by atoms with Crippen LogP contribution in [0.2, 0.25) is 0 Å². The summed E-state index contributed by atoms with van der Waals surface area (Å²) in [5.41, 5.74) is 8.36. The quantitative estimate of drug-likeness (QED) is 0.860. The first kappa shape index (κ1) is 17.3. The Morgan fingerprint density at radius 3 is 2.96 bits per heavy atom. The van der Waals surface area contributed by atoms with Crippen LogP contribution < -0.4 is 16.0 Å². The van der Waals surface area contributed by atoms with Gasteiger partial charge in [0.1, 0.15) is 5.60 Å². The van der Waals surface area contributed by atoms with Crippen LogP contribution in [0.1, 0.15) is 39.3 Å². The highest BCUT2D eigenvalue weighted by Gasteiger charge is 2.27. The van der Waals surface area contributed by atoms with Gasteiger partial charge in [0.2, 0.25) is 0 Å². The molecule has 1 aliphatic heterocycles. The van der Waals surface area contributed by atoms with Gasteiger partial charge < -0.3 is 25.2 Å². The van der Waals surface area contributed by atoms with Crippen molar-refractivity contribution in [1.82, 2.24) is 15.5 Å². The third kappa shape index (κ3) is 3.78. The number of nitrogens with one attached hydrogen (secondary N) is 1. The van der Waals surface area contributed by atoms with Crippen molar-refractivity contribution in [1.29, 1.82) is 0 Å². The Morgan fingerprint density at radius 1 is 1.48 bits per heavy atom. The van der Waals surface area contributed by atoms with E-state index in [0.717, 1.165) is 36.2 Å². The lowest BCUT2D eigenvalue weighted by atomic mass is 10.0. The van der Waals surface area contributed by atoms with Crippen LogP contribution in [0.5, 0.6) is 0 Å². The second-order valence-electron chi connectivity index (χ2n) is 7.44. The maximum absolute atomic E-state index is 12.1. The summed E-state index contributed by atoms with van der Waals surface area (Å²) in [5.74, 6) is 0. The van der Waals surface area contributed by atoms with Gasteiger partial charge in [0.15, 0.2) is 0 Å². The van der Waals surface area contributed by atoms with Crippen LogP contribution in [0.25, 0.3) is 11.1 Å². The van der Waals surface area contributed by atoms with Gasteiger partial charge in [0.25, 0.3) is 5.71 Å². The van der Waals surface area contributed by atoms with Crippen molar-refractivity contribution < 1.29 is 14.1 Å². The molecule has 1 fully saturated rings. The average molecular weight is 347 g/mol. The summed E-state index contributed by atoms with van der Waals surface area (Å²) in [6, 6.07) is -0.00798. The Morgan fingerprint density at radius 2 is 2.24 bits per heavy atom. The standard InChI is InChI=1S/C17H25N5O3/c1-10-13-14(12(18)8-19-15(13)25-21-10)22-7-5-6-11(9-22)20-16(23)24-17(2,3)4/h8,11H,5-7,9,18H2,1-4H3,(H,20,23)/t11-/m0/s1. The van der Waals surface area contributed by atoms with Gasteiger partial charge in [-0.1, -0.05) is 5.16 Å². The van der Waals surface area contributed by atoms with Crippen molar-refractivity contribution in [2.24, 2.45) is 0 Å². The number of fused-ring (bicyclic) bond motifs is 1. The topological polar surface area (TPSA) is 107 Å². The molecule has 136 valence electrons. The van der Waals surface area contributed by atoms with E-state index in [4.69, 9.17) is 15.0 Å².